The summed E-state index contributed by atoms with van der Waals surface area (Å²) in [6.07, 6.45) is -0.938. The number of nitrogens with zero attached hydrogens (tertiary/aromatic N) is 2. The molecular weight excluding hydrogens is 228 g/mol. The summed E-state index contributed by atoms with van der Waals surface area (Å²) in [4.78, 5) is 5.36. The van der Waals surface area contributed by atoms with Crippen molar-refractivity contribution in [3.05, 3.63) is 23.9 Å². The van der Waals surface area contributed by atoms with Crippen molar-refractivity contribution < 1.29 is 13.9 Å². The first-order chi connectivity index (χ1) is 8.04. The highest BCUT2D eigenvalue weighted by Crippen LogP contribution is 2.17. The second-order valence-electron chi connectivity index (χ2n) is 3.80. The lowest BCUT2D eigenvalue weighted by Crippen LogP contribution is -2.32. The molecule has 1 aromatic heterocycles. The maximum atomic E-state index is 12.4. The van der Waals surface area contributed by atoms with Crippen LogP contribution >= 0.6 is 0 Å². The van der Waals surface area contributed by atoms with E-state index in [4.69, 9.17) is 10.8 Å². The van der Waals surface area contributed by atoms with Crippen LogP contribution in [0, 0.1) is 0 Å². The fraction of sp³-hybridized carbons (Fsp3) is 0.545. The Morgan fingerprint density at radius 2 is 2.24 bits per heavy atom. The van der Waals surface area contributed by atoms with Crippen molar-refractivity contribution in [2.45, 2.75) is 19.4 Å². The number of pyridine rings is 1. The molecule has 1 rings (SSSR count). The lowest BCUT2D eigenvalue weighted by atomic mass is 10.1. The number of halogens is 2. The zero-order valence-electron chi connectivity index (χ0n) is 9.68. The van der Waals surface area contributed by atoms with Crippen LogP contribution in [0.5, 0.6) is 0 Å². The monoisotopic (exact) mass is 245 g/mol. The molecule has 1 atom stereocenters. The Kier molecular flexibility index (Phi) is 5.24. The van der Waals surface area contributed by atoms with Crippen LogP contribution in [-0.2, 0) is 0 Å². The highest BCUT2D eigenvalue weighted by atomic mass is 19.3. The van der Waals surface area contributed by atoms with E-state index in [1.165, 1.54) is 11.1 Å². The standard InChI is InChI=1S/C11H17F2N3O/c1-8(14)9-2-3-15-11(6-9)16(4-5-17)7-10(12)13/h2-3,6,8,10,17H,4-5,7,14H2,1H3. The van der Waals surface area contributed by atoms with Crippen LogP contribution in [0.1, 0.15) is 18.5 Å². The Morgan fingerprint density at radius 1 is 1.53 bits per heavy atom. The van der Waals surface area contributed by atoms with Crippen LogP contribution in [-0.4, -0.2) is 36.2 Å². The van der Waals surface area contributed by atoms with Gasteiger partial charge in [0.25, 0.3) is 6.43 Å². The van der Waals surface area contributed by atoms with Crippen molar-refractivity contribution in [3.63, 3.8) is 0 Å². The molecule has 3 N–H and O–H groups in total. The fourth-order valence-corrected chi connectivity index (χ4v) is 1.48. The van der Waals surface area contributed by atoms with E-state index in [0.717, 1.165) is 5.56 Å². The summed E-state index contributed by atoms with van der Waals surface area (Å²) >= 11 is 0. The second-order valence-corrected chi connectivity index (χ2v) is 3.80. The predicted octanol–water partition coefficient (Wildman–Crippen LogP) is 1.17. The summed E-state index contributed by atoms with van der Waals surface area (Å²) in [5.41, 5.74) is 6.54. The lowest BCUT2D eigenvalue weighted by molar-refractivity contribution is 0.152. The molecule has 1 aromatic rings. The number of hydrogen-bond donors (Lipinski definition) is 2. The maximum absolute atomic E-state index is 12.4. The number of rotatable bonds is 6. The van der Waals surface area contributed by atoms with Crippen LogP contribution < -0.4 is 10.6 Å². The zero-order valence-corrected chi connectivity index (χ0v) is 9.68. The normalized spacial score (nSPS) is 12.8. The van der Waals surface area contributed by atoms with Gasteiger partial charge in [0.05, 0.1) is 13.2 Å². The molecule has 0 spiro atoms. The number of nitrogens with two attached hydrogens (primary N) is 1. The number of aliphatic hydroxyl groups excluding tert-OH is 1. The van der Waals surface area contributed by atoms with Gasteiger partial charge in [-0.3, -0.25) is 0 Å². The van der Waals surface area contributed by atoms with Gasteiger partial charge >= 0.3 is 0 Å². The number of hydrogen-bond acceptors (Lipinski definition) is 4. The summed E-state index contributed by atoms with van der Waals surface area (Å²) in [7, 11) is 0. The first-order valence-electron chi connectivity index (χ1n) is 5.40. The van der Waals surface area contributed by atoms with Crippen molar-refractivity contribution in [2.24, 2.45) is 5.73 Å². The minimum atomic E-state index is -2.47. The number of anilines is 1. The molecule has 96 valence electrons. The first kappa shape index (κ1) is 13.8. The summed E-state index contributed by atoms with van der Waals surface area (Å²) in [6, 6.07) is 3.23. The van der Waals surface area contributed by atoms with Crippen molar-refractivity contribution >= 4 is 5.82 Å². The second kappa shape index (κ2) is 6.46. The molecule has 0 bridgehead atoms. The average molecular weight is 245 g/mol. The van der Waals surface area contributed by atoms with E-state index in [9.17, 15) is 8.78 Å². The molecular formula is C11H17F2N3O. The van der Waals surface area contributed by atoms with Gasteiger partial charge in [-0.05, 0) is 24.6 Å². The van der Waals surface area contributed by atoms with E-state index >= 15 is 0 Å². The molecule has 0 saturated heterocycles. The number of aliphatic hydroxyl groups is 1. The molecule has 1 heterocycles. The third-order valence-corrected chi connectivity index (χ3v) is 2.35. The molecule has 1 unspecified atom stereocenters. The van der Waals surface area contributed by atoms with Crippen molar-refractivity contribution in [3.8, 4) is 0 Å². The highest BCUT2D eigenvalue weighted by Gasteiger charge is 2.14. The van der Waals surface area contributed by atoms with Crippen molar-refractivity contribution in [2.75, 3.05) is 24.6 Å². The molecule has 0 aromatic carbocycles. The van der Waals surface area contributed by atoms with E-state index in [0.29, 0.717) is 5.82 Å². The molecule has 0 aliphatic carbocycles. The van der Waals surface area contributed by atoms with Crippen LogP contribution in [0.3, 0.4) is 0 Å². The Hall–Kier alpha value is -1.27. The zero-order chi connectivity index (χ0) is 12.8. The summed E-state index contributed by atoms with van der Waals surface area (Å²) in [5.74, 6) is 0.411. The Morgan fingerprint density at radius 3 is 2.76 bits per heavy atom. The van der Waals surface area contributed by atoms with E-state index in [2.05, 4.69) is 4.98 Å². The fourth-order valence-electron chi connectivity index (χ4n) is 1.48. The minimum absolute atomic E-state index is 0.125. The third-order valence-electron chi connectivity index (χ3n) is 2.35. The molecule has 0 aliphatic heterocycles. The van der Waals surface area contributed by atoms with Crippen molar-refractivity contribution in [1.29, 1.82) is 0 Å². The minimum Gasteiger partial charge on any atom is -0.395 e. The van der Waals surface area contributed by atoms with Crippen LogP contribution in [0.4, 0.5) is 14.6 Å². The van der Waals surface area contributed by atoms with Gasteiger partial charge in [0.2, 0.25) is 0 Å². The molecule has 0 saturated carbocycles. The first-order valence-corrected chi connectivity index (χ1v) is 5.40. The van der Waals surface area contributed by atoms with Gasteiger partial charge in [-0.1, -0.05) is 0 Å². The molecule has 17 heavy (non-hydrogen) atoms. The SMILES string of the molecule is CC(N)c1ccnc(N(CCO)CC(F)F)c1. The Balaban J connectivity index is 2.88. The summed E-state index contributed by atoms with van der Waals surface area (Å²) in [6.45, 7) is 1.29. The van der Waals surface area contributed by atoms with Gasteiger partial charge in [-0.15, -0.1) is 0 Å². The van der Waals surface area contributed by atoms with Crippen LogP contribution in [0.2, 0.25) is 0 Å². The third kappa shape index (κ3) is 4.24. The van der Waals surface area contributed by atoms with Gasteiger partial charge in [-0.25, -0.2) is 13.8 Å². The highest BCUT2D eigenvalue weighted by molar-refractivity contribution is 5.41. The molecule has 0 radical (unpaired) electrons. The van der Waals surface area contributed by atoms with E-state index in [1.54, 1.807) is 12.1 Å². The molecule has 4 nitrogen and oxygen atoms in total. The van der Waals surface area contributed by atoms with Gasteiger partial charge in [-0.2, -0.15) is 0 Å². The van der Waals surface area contributed by atoms with Gasteiger partial charge in [0.1, 0.15) is 5.82 Å². The average Bonchev–Trinajstić information content (AvgIpc) is 2.28. The van der Waals surface area contributed by atoms with Gasteiger partial charge in [0.15, 0.2) is 0 Å². The lowest BCUT2D eigenvalue weighted by Gasteiger charge is -2.23. The largest absolute Gasteiger partial charge is 0.395 e. The van der Waals surface area contributed by atoms with Gasteiger partial charge in [0, 0.05) is 18.8 Å². The number of alkyl halides is 2. The topological polar surface area (TPSA) is 62.4 Å². The molecule has 0 aliphatic rings. The molecule has 0 fully saturated rings. The van der Waals surface area contributed by atoms with Crippen LogP contribution in [0.25, 0.3) is 0 Å². The van der Waals surface area contributed by atoms with Crippen LogP contribution in [0.15, 0.2) is 18.3 Å². The summed E-state index contributed by atoms with van der Waals surface area (Å²) < 4.78 is 24.8. The Labute approximate surface area is 99.1 Å². The predicted molar refractivity (Wildman–Crippen MR) is 62.1 cm³/mol. The number of aromatic nitrogens is 1. The molecule has 6 heteroatoms. The van der Waals surface area contributed by atoms with Crippen molar-refractivity contribution in [1.82, 2.24) is 4.98 Å². The summed E-state index contributed by atoms with van der Waals surface area (Å²) in [5, 5.41) is 8.85. The maximum Gasteiger partial charge on any atom is 0.255 e. The van der Waals surface area contributed by atoms with E-state index < -0.39 is 13.0 Å². The Bertz CT molecular complexity index is 347. The smallest absolute Gasteiger partial charge is 0.255 e. The molecule has 0 amide bonds. The van der Waals surface area contributed by atoms with E-state index in [1.807, 2.05) is 6.92 Å². The quantitative estimate of drug-likeness (QED) is 0.789. The van der Waals surface area contributed by atoms with E-state index in [-0.39, 0.29) is 19.2 Å². The van der Waals surface area contributed by atoms with Gasteiger partial charge < -0.3 is 15.7 Å².